The quantitative estimate of drug-likeness (QED) is 0.0762. The van der Waals surface area contributed by atoms with Crippen LogP contribution in [0.4, 0.5) is 4.39 Å². The van der Waals surface area contributed by atoms with Crippen LogP contribution in [0.3, 0.4) is 0 Å². The van der Waals surface area contributed by atoms with E-state index >= 15 is 0 Å². The fraction of sp³-hybridized carbons (Fsp3) is 0.741. The normalized spacial score (nSPS) is 38.8. The highest BCUT2D eigenvalue weighted by molar-refractivity contribution is 14.1. The van der Waals surface area contributed by atoms with Crippen LogP contribution in [0.5, 0.6) is 0 Å². The van der Waals surface area contributed by atoms with E-state index in [-0.39, 0.29) is 18.8 Å². The first kappa shape index (κ1) is 61.3. The minimum Gasteiger partial charge on any atom is -0.448 e. The third-order valence-electron chi connectivity index (χ3n) is 16.1. The van der Waals surface area contributed by atoms with Crippen LogP contribution in [-0.2, 0) is 44.4 Å². The lowest BCUT2D eigenvalue weighted by Crippen LogP contribution is -2.60. The predicted octanol–water partition coefficient (Wildman–Crippen LogP) is 5.05. The van der Waals surface area contributed by atoms with Crippen LogP contribution in [0.2, 0.25) is 0 Å². The van der Waals surface area contributed by atoms with Crippen LogP contribution in [0, 0.1) is 17.8 Å². The Balaban J connectivity index is 1.24. The molecule has 0 unspecified atom stereocenters. The molecule has 3 saturated heterocycles. The Bertz CT molecular complexity index is 2250. The standard InChI is InChI=1S/C54H84FIN6O13/c1-30-24-52(7,67)48(32(3)44(73-42-25-53(8,70-13)47(65)35(6)72-42)33(4)49(66)75-51(56)54(9,68)46(64)34(5)61(11)28-30)74-50-43(63)40(23-31(2)71-50)60(10)22-20-39-29-62(59-58-39)41(26-55)45(69-12)37-18-16-36(17-19-37)38-15-14-21-57-27-38/h14-19,21,27,29-35,40-48,50-51,63-65,67-68H,20,22-26,28H2,1-13H3/t30-,31-,32+,33-,34-,35+,40+,41-,42+,43-,44+,45-,46-,47+,48-,50+,51+,52-,53-,54+/m1/s1. The minimum atomic E-state index is -1.88. The number of likely N-dealkylation sites (N-methyl/N-ethyl adjacent to an activating group) is 2. The van der Waals surface area contributed by atoms with Crippen molar-refractivity contribution in [3.63, 3.8) is 0 Å². The van der Waals surface area contributed by atoms with Gasteiger partial charge in [-0.3, -0.25) is 9.78 Å². The number of esters is 1. The summed E-state index contributed by atoms with van der Waals surface area (Å²) in [6, 6.07) is 9.69. The van der Waals surface area contributed by atoms with Gasteiger partial charge in [-0.2, -0.15) is 0 Å². The Kier molecular flexibility index (Phi) is 21.2. The zero-order valence-corrected chi connectivity index (χ0v) is 48.1. The number of carbonyl (C=O) groups excluding carboxylic acids is 1. The molecule has 21 heteroatoms. The number of aromatic nitrogens is 4. The highest BCUT2D eigenvalue weighted by Gasteiger charge is 2.53. The van der Waals surface area contributed by atoms with Crippen molar-refractivity contribution in [3.05, 3.63) is 66.2 Å². The number of methoxy groups -OCH3 is 2. The van der Waals surface area contributed by atoms with Gasteiger partial charge in [-0.05, 0) is 127 Å². The topological polar surface area (TPSA) is 233 Å². The number of hydrogen-bond donors (Lipinski definition) is 5. The number of alkyl halides is 2. The summed E-state index contributed by atoms with van der Waals surface area (Å²) in [5.74, 6) is -2.91. The van der Waals surface area contributed by atoms with Crippen LogP contribution in [0.15, 0.2) is 55.0 Å². The van der Waals surface area contributed by atoms with Gasteiger partial charge in [-0.25, -0.2) is 9.07 Å². The number of aliphatic hydroxyl groups excluding tert-OH is 3. The predicted molar refractivity (Wildman–Crippen MR) is 285 cm³/mol. The van der Waals surface area contributed by atoms with Gasteiger partial charge in [0.05, 0.1) is 47.2 Å². The van der Waals surface area contributed by atoms with E-state index < -0.39 is 125 Å². The zero-order chi connectivity index (χ0) is 55.3. The number of ether oxygens (including phenoxy) is 7. The Morgan fingerprint density at radius 1 is 0.960 bits per heavy atom. The number of pyridine rings is 1. The number of halogens is 2. The third-order valence-corrected chi connectivity index (χ3v) is 17.6. The van der Waals surface area contributed by atoms with Gasteiger partial charge in [0, 0.05) is 76.7 Å². The van der Waals surface area contributed by atoms with E-state index in [1.165, 1.54) is 18.7 Å². The Hall–Kier alpha value is -2.88. The van der Waals surface area contributed by atoms with Crippen molar-refractivity contribution in [1.82, 2.24) is 29.8 Å². The molecule has 20 atom stereocenters. The van der Waals surface area contributed by atoms with Crippen LogP contribution in [0.25, 0.3) is 11.1 Å². The van der Waals surface area contributed by atoms with Crippen molar-refractivity contribution in [1.29, 1.82) is 0 Å². The second-order valence-corrected chi connectivity index (χ2v) is 23.4. The largest absolute Gasteiger partial charge is 0.448 e. The highest BCUT2D eigenvalue weighted by atomic mass is 127. The lowest BCUT2D eigenvalue weighted by Gasteiger charge is -2.49. The van der Waals surface area contributed by atoms with Gasteiger partial charge < -0.3 is 68.5 Å². The smallest absolute Gasteiger partial charge is 0.312 e. The van der Waals surface area contributed by atoms with Gasteiger partial charge in [-0.15, -0.1) is 5.10 Å². The fourth-order valence-electron chi connectivity index (χ4n) is 11.3. The zero-order valence-electron chi connectivity index (χ0n) is 45.9. The summed E-state index contributed by atoms with van der Waals surface area (Å²) in [6.45, 7) is 15.6. The van der Waals surface area contributed by atoms with Crippen molar-refractivity contribution in [2.45, 2.75) is 188 Å². The molecule has 0 bridgehead atoms. The van der Waals surface area contributed by atoms with Gasteiger partial charge in [0.2, 0.25) is 0 Å². The molecule has 19 nitrogen and oxygen atoms in total. The first-order valence-electron chi connectivity index (χ1n) is 26.2. The van der Waals surface area contributed by atoms with Crippen molar-refractivity contribution < 1.29 is 67.9 Å². The van der Waals surface area contributed by atoms with Crippen molar-refractivity contribution in [2.75, 3.05) is 48.1 Å². The molecule has 3 fully saturated rings. The summed E-state index contributed by atoms with van der Waals surface area (Å²) >= 11 is 1.82. The fourth-order valence-corrected chi connectivity index (χ4v) is 11.9. The van der Waals surface area contributed by atoms with Crippen LogP contribution in [-0.4, -0.2) is 198 Å². The summed E-state index contributed by atoms with van der Waals surface area (Å²) in [4.78, 5) is 22.5. The van der Waals surface area contributed by atoms with E-state index in [1.54, 1.807) is 67.2 Å². The molecular weight excluding hydrogens is 1090 g/mol. The number of nitrogens with zero attached hydrogens (tertiary/aromatic N) is 6. The van der Waals surface area contributed by atoms with E-state index in [1.807, 2.05) is 96.7 Å². The summed E-state index contributed by atoms with van der Waals surface area (Å²) in [5, 5.41) is 68.2. The molecule has 3 aliphatic heterocycles. The van der Waals surface area contributed by atoms with Crippen molar-refractivity contribution in [3.8, 4) is 11.1 Å². The molecule has 422 valence electrons. The molecule has 0 radical (unpaired) electrons. The van der Waals surface area contributed by atoms with Gasteiger partial charge >= 0.3 is 5.97 Å². The Labute approximate surface area is 455 Å². The van der Waals surface area contributed by atoms with Crippen LogP contribution in [0.1, 0.15) is 105 Å². The van der Waals surface area contributed by atoms with Crippen molar-refractivity contribution in [2.24, 2.45) is 17.8 Å². The number of aliphatic hydroxyl groups is 5. The van der Waals surface area contributed by atoms with E-state index in [0.717, 1.165) is 16.7 Å². The van der Waals surface area contributed by atoms with E-state index in [2.05, 4.69) is 15.3 Å². The van der Waals surface area contributed by atoms with Crippen molar-refractivity contribution >= 4 is 28.6 Å². The highest BCUT2D eigenvalue weighted by Crippen LogP contribution is 2.41. The second kappa shape index (κ2) is 25.9. The molecule has 1 aromatic carbocycles. The van der Waals surface area contributed by atoms with Crippen LogP contribution >= 0.6 is 22.6 Å². The number of carbonyl (C=O) groups is 1. The summed E-state index contributed by atoms with van der Waals surface area (Å²) in [5.41, 5.74) is -1.30. The first-order valence-corrected chi connectivity index (χ1v) is 27.4. The number of hydrogen-bond acceptors (Lipinski definition) is 18. The molecule has 75 heavy (non-hydrogen) atoms. The van der Waals surface area contributed by atoms with Gasteiger partial charge in [0.25, 0.3) is 0 Å². The second-order valence-electron chi connectivity index (χ2n) is 22.3. The molecule has 5 heterocycles. The summed E-state index contributed by atoms with van der Waals surface area (Å²) in [7, 11) is 6.73. The Morgan fingerprint density at radius 3 is 2.28 bits per heavy atom. The average molecular weight is 1170 g/mol. The summed E-state index contributed by atoms with van der Waals surface area (Å²) in [6.07, 6.45) is -3.59. The van der Waals surface area contributed by atoms with Gasteiger partial charge in [0.15, 0.2) is 16.7 Å². The molecule has 3 aromatic rings. The number of rotatable bonds is 15. The lowest BCUT2D eigenvalue weighted by molar-refractivity contribution is -0.318. The molecule has 0 amide bonds. The molecule has 2 aromatic heterocycles. The monoisotopic (exact) mass is 1170 g/mol. The summed E-state index contributed by atoms with van der Waals surface area (Å²) < 4.78 is 59.1. The minimum absolute atomic E-state index is 0.0811. The third kappa shape index (κ3) is 14.3. The number of cyclic esters (lactones) is 1. The molecule has 3 aliphatic rings. The lowest BCUT2D eigenvalue weighted by atomic mass is 9.77. The number of benzene rings is 1. The van der Waals surface area contributed by atoms with Gasteiger partial charge in [0.1, 0.15) is 42.7 Å². The Morgan fingerprint density at radius 2 is 1.65 bits per heavy atom. The van der Waals surface area contributed by atoms with Crippen LogP contribution < -0.4 is 0 Å². The maximum absolute atomic E-state index is 14.9. The molecule has 6 rings (SSSR count). The molecular formula is C54H84FIN6O13. The average Bonchev–Trinajstić information content (AvgIpc) is 3.85. The molecule has 0 spiro atoms. The molecule has 0 saturated carbocycles. The maximum Gasteiger partial charge on any atom is 0.312 e. The molecule has 5 N–H and O–H groups in total. The molecule has 0 aliphatic carbocycles. The van der Waals surface area contributed by atoms with E-state index in [9.17, 15) is 34.7 Å². The van der Waals surface area contributed by atoms with Gasteiger partial charge in [-0.1, -0.05) is 49.4 Å². The first-order chi connectivity index (χ1) is 35.3. The van der Waals surface area contributed by atoms with E-state index in [0.29, 0.717) is 31.6 Å². The van der Waals surface area contributed by atoms with E-state index in [4.69, 9.17) is 33.2 Å². The maximum atomic E-state index is 14.9. The SMILES string of the molecule is CO[C@H](c1ccc(-c2cccnc2)cc1)[C@@H](CF)n1cc(CCN(C)[C@H]2C[C@@H](C)O[C@@H](O[C@@H]3[C@@H](C)[C@H](O[C@H]4C[C@@](C)(OC)[C@@H](O)[C@H](C)O4)[C@@H](C)C(=O)O[C@H](I)[C@@](C)(O)[C@H](O)[C@@H](C)N(C)C[C@H](C)C[C@@]3(C)O)[C@@H]2O)nn1.